The number of fused-ring (bicyclic) bond motifs is 1. The number of ether oxygens (including phenoxy) is 1. The summed E-state index contributed by atoms with van der Waals surface area (Å²) in [6.07, 6.45) is 3.75. The number of nitrogens with zero attached hydrogens (tertiary/aromatic N) is 2. The molecule has 142 valence electrons. The van der Waals surface area contributed by atoms with Gasteiger partial charge in [0.05, 0.1) is 24.9 Å². The van der Waals surface area contributed by atoms with Crippen LogP contribution in [-0.2, 0) is 16.1 Å². The normalized spacial score (nSPS) is 12.9. The second-order valence-corrected chi connectivity index (χ2v) is 8.45. The monoisotopic (exact) mass is 429 g/mol. The molecule has 2 aromatic heterocycles. The van der Waals surface area contributed by atoms with Crippen molar-refractivity contribution < 1.29 is 9.53 Å². The van der Waals surface area contributed by atoms with Crippen molar-refractivity contribution in [3.63, 3.8) is 0 Å². The lowest BCUT2D eigenvalue weighted by atomic mass is 9.95. The van der Waals surface area contributed by atoms with Gasteiger partial charge in [-0.2, -0.15) is 0 Å². The van der Waals surface area contributed by atoms with E-state index in [0.717, 1.165) is 21.4 Å². The van der Waals surface area contributed by atoms with Crippen molar-refractivity contribution in [3.05, 3.63) is 70.7 Å². The quantitative estimate of drug-likeness (QED) is 0.626. The van der Waals surface area contributed by atoms with E-state index in [1.54, 1.807) is 6.20 Å². The lowest BCUT2D eigenvalue weighted by molar-refractivity contribution is -0.129. The van der Waals surface area contributed by atoms with Crippen LogP contribution in [0.1, 0.15) is 38.2 Å². The summed E-state index contributed by atoms with van der Waals surface area (Å²) in [5, 5.41) is 3.09. The fourth-order valence-corrected chi connectivity index (χ4v) is 3.00. The number of nitrogens with one attached hydrogen (secondary N) is 1. The molecular formula is C21H24BrN3O2. The molecule has 0 spiro atoms. The second-order valence-electron chi connectivity index (χ2n) is 7.54. The third-order valence-electron chi connectivity index (χ3n) is 4.21. The fraction of sp³-hybridized carbons (Fsp3) is 0.333. The van der Waals surface area contributed by atoms with Gasteiger partial charge in [-0.25, -0.2) is 4.98 Å². The fourth-order valence-electron chi connectivity index (χ4n) is 2.67. The number of benzene rings is 1. The van der Waals surface area contributed by atoms with Gasteiger partial charge in [-0.15, -0.1) is 0 Å². The van der Waals surface area contributed by atoms with E-state index in [1.807, 2.05) is 73.8 Å². The Bertz CT molecular complexity index is 916. The van der Waals surface area contributed by atoms with Crippen molar-refractivity contribution in [2.75, 3.05) is 6.61 Å². The number of pyridine rings is 1. The molecule has 1 amide bonds. The van der Waals surface area contributed by atoms with Crippen LogP contribution in [0.25, 0.3) is 5.52 Å². The highest BCUT2D eigenvalue weighted by atomic mass is 79.9. The minimum Gasteiger partial charge on any atom is -0.374 e. The molecule has 5 nitrogen and oxygen atoms in total. The Kier molecular flexibility index (Phi) is 5.97. The Morgan fingerprint density at radius 1 is 1.22 bits per heavy atom. The predicted molar refractivity (Wildman–Crippen MR) is 109 cm³/mol. The van der Waals surface area contributed by atoms with Crippen LogP contribution >= 0.6 is 15.9 Å². The summed E-state index contributed by atoms with van der Waals surface area (Å²) in [6.45, 7) is 6.50. The second kappa shape index (κ2) is 8.23. The molecule has 1 aromatic carbocycles. The van der Waals surface area contributed by atoms with E-state index in [4.69, 9.17) is 4.74 Å². The molecule has 6 heteroatoms. The van der Waals surface area contributed by atoms with Gasteiger partial charge in [0, 0.05) is 16.1 Å². The molecule has 0 unspecified atom stereocenters. The van der Waals surface area contributed by atoms with Crippen LogP contribution in [0, 0.1) is 5.41 Å². The van der Waals surface area contributed by atoms with E-state index in [-0.39, 0.29) is 11.9 Å². The summed E-state index contributed by atoms with van der Waals surface area (Å²) in [6, 6.07) is 13.6. The van der Waals surface area contributed by atoms with Crippen LogP contribution < -0.4 is 5.32 Å². The Labute approximate surface area is 167 Å². The number of imidazole rings is 1. The van der Waals surface area contributed by atoms with Gasteiger partial charge < -0.3 is 14.5 Å². The molecule has 0 aliphatic carbocycles. The third-order valence-corrected chi connectivity index (χ3v) is 4.68. The zero-order chi connectivity index (χ0) is 19.4. The Morgan fingerprint density at radius 3 is 2.67 bits per heavy atom. The summed E-state index contributed by atoms with van der Waals surface area (Å²) in [5.74, 6) is 0.708. The molecule has 1 atom stereocenters. The molecular weight excluding hydrogens is 406 g/mol. The van der Waals surface area contributed by atoms with Crippen molar-refractivity contribution in [2.45, 2.75) is 33.4 Å². The van der Waals surface area contributed by atoms with Gasteiger partial charge in [-0.3, -0.25) is 4.79 Å². The number of hydrogen-bond acceptors (Lipinski definition) is 3. The molecule has 0 bridgehead atoms. The Morgan fingerprint density at radius 2 is 1.96 bits per heavy atom. The molecule has 0 radical (unpaired) electrons. The lowest BCUT2D eigenvalue weighted by Gasteiger charge is -2.24. The number of amides is 1. The van der Waals surface area contributed by atoms with Crippen LogP contribution in [0.4, 0.5) is 0 Å². The largest absolute Gasteiger partial charge is 0.374 e. The van der Waals surface area contributed by atoms with Gasteiger partial charge in [0.2, 0.25) is 5.91 Å². The average molecular weight is 430 g/mol. The van der Waals surface area contributed by atoms with Crippen LogP contribution in [-0.4, -0.2) is 21.9 Å². The van der Waals surface area contributed by atoms with Crippen molar-refractivity contribution in [1.29, 1.82) is 0 Å². The van der Waals surface area contributed by atoms with Crippen molar-refractivity contribution in [2.24, 2.45) is 5.41 Å². The van der Waals surface area contributed by atoms with Gasteiger partial charge in [0.25, 0.3) is 0 Å². The molecule has 2 heterocycles. The number of aromatic nitrogens is 2. The third kappa shape index (κ3) is 4.96. The maximum Gasteiger partial charge on any atom is 0.226 e. The molecule has 1 N–H and O–H groups in total. The van der Waals surface area contributed by atoms with E-state index < -0.39 is 5.41 Å². The van der Waals surface area contributed by atoms with Crippen LogP contribution in [0.15, 0.2) is 59.3 Å². The average Bonchev–Trinajstić information content (AvgIpc) is 3.03. The summed E-state index contributed by atoms with van der Waals surface area (Å²) in [4.78, 5) is 17.1. The SMILES string of the molecule is CC(C)(C)C(=O)N[C@H](COCc1ccccc1)c1ncc2ccc(Br)cn12. The minimum atomic E-state index is -0.495. The number of hydrogen-bond donors (Lipinski definition) is 1. The van der Waals surface area contributed by atoms with Crippen molar-refractivity contribution in [1.82, 2.24) is 14.7 Å². The van der Waals surface area contributed by atoms with Crippen LogP contribution in [0.3, 0.4) is 0 Å². The van der Waals surface area contributed by atoms with Gasteiger partial charge in [0.15, 0.2) is 0 Å². The van der Waals surface area contributed by atoms with E-state index >= 15 is 0 Å². The van der Waals surface area contributed by atoms with E-state index in [2.05, 4.69) is 26.2 Å². The standard InChI is InChI=1S/C21H24BrN3O2/c1-21(2,3)20(26)24-18(14-27-13-15-7-5-4-6-8-15)19-23-11-17-10-9-16(22)12-25(17)19/h4-12,18H,13-14H2,1-3H3,(H,24,26)/t18-/m1/s1. The number of carbonyl (C=O) groups excluding carboxylic acids is 1. The maximum atomic E-state index is 12.6. The first-order chi connectivity index (χ1) is 12.8. The van der Waals surface area contributed by atoms with Crippen LogP contribution in [0.2, 0.25) is 0 Å². The Hall–Kier alpha value is -2.18. The van der Waals surface area contributed by atoms with Crippen LogP contribution in [0.5, 0.6) is 0 Å². The first-order valence-corrected chi connectivity index (χ1v) is 9.69. The van der Waals surface area contributed by atoms with E-state index in [9.17, 15) is 4.79 Å². The predicted octanol–water partition coefficient (Wildman–Crippen LogP) is 4.52. The summed E-state index contributed by atoms with van der Waals surface area (Å²) in [5.41, 5.74) is 1.56. The molecule has 27 heavy (non-hydrogen) atoms. The van der Waals surface area contributed by atoms with Crippen molar-refractivity contribution >= 4 is 27.4 Å². The summed E-state index contributed by atoms with van der Waals surface area (Å²) >= 11 is 3.50. The molecule has 0 aliphatic rings. The molecule has 3 rings (SSSR count). The lowest BCUT2D eigenvalue weighted by Crippen LogP contribution is -2.39. The zero-order valence-electron chi connectivity index (χ0n) is 15.8. The van der Waals surface area contributed by atoms with E-state index in [0.29, 0.717) is 13.2 Å². The molecule has 0 saturated carbocycles. The number of carbonyl (C=O) groups is 1. The zero-order valence-corrected chi connectivity index (χ0v) is 17.4. The van der Waals surface area contributed by atoms with E-state index in [1.165, 1.54) is 0 Å². The number of rotatable bonds is 6. The van der Waals surface area contributed by atoms with Crippen molar-refractivity contribution in [3.8, 4) is 0 Å². The number of halogens is 1. The van der Waals surface area contributed by atoms with Gasteiger partial charge in [0.1, 0.15) is 11.9 Å². The maximum absolute atomic E-state index is 12.6. The highest BCUT2D eigenvalue weighted by Gasteiger charge is 2.27. The first kappa shape index (κ1) is 19.6. The van der Waals surface area contributed by atoms with Gasteiger partial charge >= 0.3 is 0 Å². The summed E-state index contributed by atoms with van der Waals surface area (Å²) < 4.78 is 8.84. The Balaban J connectivity index is 1.82. The molecule has 0 saturated heterocycles. The smallest absolute Gasteiger partial charge is 0.226 e. The summed E-state index contributed by atoms with van der Waals surface area (Å²) in [7, 11) is 0. The first-order valence-electron chi connectivity index (χ1n) is 8.90. The van der Waals surface area contributed by atoms with Gasteiger partial charge in [-0.05, 0) is 33.6 Å². The highest BCUT2D eigenvalue weighted by molar-refractivity contribution is 9.10. The van der Waals surface area contributed by atoms with Gasteiger partial charge in [-0.1, -0.05) is 51.1 Å². The molecule has 3 aromatic rings. The molecule has 0 aliphatic heterocycles. The molecule has 0 fully saturated rings. The topological polar surface area (TPSA) is 55.6 Å². The highest BCUT2D eigenvalue weighted by Crippen LogP contribution is 2.21. The minimum absolute atomic E-state index is 0.0393.